The quantitative estimate of drug-likeness (QED) is 0.177. The first-order chi connectivity index (χ1) is 17.7. The maximum Gasteiger partial charge on any atom is 0.295 e. The Morgan fingerprint density at radius 2 is 1.70 bits per heavy atom. The van der Waals surface area contributed by atoms with Crippen LogP contribution < -0.4 is 14.4 Å². The molecule has 1 N–H and O–H groups in total. The van der Waals surface area contributed by atoms with Gasteiger partial charge in [0.25, 0.3) is 17.4 Å². The van der Waals surface area contributed by atoms with Crippen molar-refractivity contribution < 1.29 is 29.1 Å². The number of ketones is 1. The maximum atomic E-state index is 13.3. The van der Waals surface area contributed by atoms with Crippen LogP contribution in [0.25, 0.3) is 5.76 Å². The summed E-state index contributed by atoms with van der Waals surface area (Å²) in [7, 11) is 3.80. The molecule has 1 atom stereocenters. The zero-order valence-electron chi connectivity index (χ0n) is 20.1. The molecule has 5 rings (SSSR count). The minimum atomic E-state index is -0.878. The Bertz CT molecular complexity index is 1430. The number of hydrogen-bond acceptors (Lipinski definition) is 8. The SMILES string of the molecule is CN(C)c1ccc(C2/C(=C(\O)c3ccc([N+](=O)[O-])cc3)C(=O)C(=O)N2Cc2ccc3c(c2)OCO3)cc1. The standard InChI is InChI=1S/C27H23N3O7/c1-28(2)19-8-4-17(5-9-19)24-23(25(31)18-6-10-20(11-7-18)30(34)35)26(32)27(33)29(24)14-16-3-12-21-22(13-16)37-15-36-21/h3-13,24,31H,14-15H2,1-2H3/b25-23+. The van der Waals surface area contributed by atoms with Gasteiger partial charge in [-0.05, 0) is 47.5 Å². The zero-order valence-corrected chi connectivity index (χ0v) is 20.1. The molecule has 188 valence electrons. The molecule has 3 aromatic rings. The molecule has 0 aromatic heterocycles. The number of fused-ring (bicyclic) bond motifs is 1. The number of likely N-dealkylation sites (tertiary alicyclic amines) is 1. The van der Waals surface area contributed by atoms with Crippen LogP contribution in [-0.4, -0.2) is 47.5 Å². The number of Topliss-reactive ketones (excluding diaryl/α,β-unsaturated/α-hetero) is 1. The van der Waals surface area contributed by atoms with Gasteiger partial charge in [-0.25, -0.2) is 0 Å². The highest BCUT2D eigenvalue weighted by Crippen LogP contribution is 2.41. The summed E-state index contributed by atoms with van der Waals surface area (Å²) < 4.78 is 10.8. The van der Waals surface area contributed by atoms with Crippen molar-refractivity contribution in [3.8, 4) is 11.5 Å². The van der Waals surface area contributed by atoms with Crippen LogP contribution in [0.15, 0.2) is 72.3 Å². The van der Waals surface area contributed by atoms with E-state index in [4.69, 9.17) is 9.47 Å². The number of nitro benzene ring substituents is 1. The molecule has 0 bridgehead atoms. The van der Waals surface area contributed by atoms with Crippen LogP contribution >= 0.6 is 0 Å². The number of non-ortho nitro benzene ring substituents is 1. The maximum absolute atomic E-state index is 13.3. The molecule has 0 aliphatic carbocycles. The van der Waals surface area contributed by atoms with Crippen molar-refractivity contribution in [3.63, 3.8) is 0 Å². The fraction of sp³-hybridized carbons (Fsp3) is 0.185. The zero-order chi connectivity index (χ0) is 26.3. The normalized spacial score (nSPS) is 17.8. The number of aliphatic hydroxyl groups excluding tert-OH is 1. The minimum Gasteiger partial charge on any atom is -0.507 e. The lowest BCUT2D eigenvalue weighted by molar-refractivity contribution is -0.384. The first-order valence-corrected chi connectivity index (χ1v) is 11.4. The number of amides is 1. The van der Waals surface area contributed by atoms with Crippen molar-refractivity contribution in [1.29, 1.82) is 0 Å². The second kappa shape index (κ2) is 9.30. The fourth-order valence-electron chi connectivity index (χ4n) is 4.48. The van der Waals surface area contributed by atoms with Gasteiger partial charge in [0.05, 0.1) is 16.5 Å². The minimum absolute atomic E-state index is 0.0817. The molecule has 0 radical (unpaired) electrons. The number of rotatable bonds is 6. The number of ether oxygens (including phenoxy) is 2. The third-order valence-electron chi connectivity index (χ3n) is 6.41. The number of nitro groups is 1. The van der Waals surface area contributed by atoms with Crippen LogP contribution in [0, 0.1) is 10.1 Å². The van der Waals surface area contributed by atoms with E-state index in [0.717, 1.165) is 11.3 Å². The molecule has 2 aliphatic heterocycles. The number of carbonyl (C=O) groups is 2. The van der Waals surface area contributed by atoms with Gasteiger partial charge in [0, 0.05) is 44.0 Å². The third kappa shape index (κ3) is 4.33. The molecule has 3 aromatic carbocycles. The van der Waals surface area contributed by atoms with Gasteiger partial charge in [0.2, 0.25) is 6.79 Å². The summed E-state index contributed by atoms with van der Waals surface area (Å²) in [6.07, 6.45) is 0. The summed E-state index contributed by atoms with van der Waals surface area (Å²) in [5.41, 5.74) is 2.23. The molecule has 10 heteroatoms. The third-order valence-corrected chi connectivity index (χ3v) is 6.41. The van der Waals surface area contributed by atoms with Crippen molar-refractivity contribution in [2.24, 2.45) is 0 Å². The van der Waals surface area contributed by atoms with Crippen LogP contribution in [0.4, 0.5) is 11.4 Å². The van der Waals surface area contributed by atoms with Gasteiger partial charge >= 0.3 is 0 Å². The summed E-state index contributed by atoms with van der Waals surface area (Å²) in [5, 5.41) is 22.2. The van der Waals surface area contributed by atoms with Crippen LogP contribution in [0.1, 0.15) is 22.7 Å². The number of carbonyl (C=O) groups excluding carboxylic acids is 2. The van der Waals surface area contributed by atoms with E-state index in [1.165, 1.54) is 29.2 Å². The summed E-state index contributed by atoms with van der Waals surface area (Å²) >= 11 is 0. The molecule has 10 nitrogen and oxygen atoms in total. The molecule has 1 amide bonds. The van der Waals surface area contributed by atoms with Gasteiger partial charge in [-0.15, -0.1) is 0 Å². The van der Waals surface area contributed by atoms with E-state index >= 15 is 0 Å². The predicted molar refractivity (Wildman–Crippen MR) is 134 cm³/mol. The van der Waals surface area contributed by atoms with E-state index in [-0.39, 0.29) is 30.2 Å². The summed E-state index contributed by atoms with van der Waals surface area (Å²) in [5.74, 6) is -0.851. The van der Waals surface area contributed by atoms with Gasteiger partial charge in [-0.3, -0.25) is 19.7 Å². The number of nitrogens with zero attached hydrogens (tertiary/aromatic N) is 3. The molecular formula is C27H23N3O7. The van der Waals surface area contributed by atoms with Crippen molar-refractivity contribution in [1.82, 2.24) is 4.90 Å². The lowest BCUT2D eigenvalue weighted by Gasteiger charge is -2.26. The van der Waals surface area contributed by atoms with E-state index in [9.17, 15) is 24.8 Å². The monoisotopic (exact) mass is 501 g/mol. The Labute approximate surface area is 212 Å². The predicted octanol–water partition coefficient (Wildman–Crippen LogP) is 4.01. The Morgan fingerprint density at radius 3 is 2.35 bits per heavy atom. The van der Waals surface area contributed by atoms with E-state index in [2.05, 4.69) is 0 Å². The van der Waals surface area contributed by atoms with E-state index in [1.807, 2.05) is 43.3 Å². The van der Waals surface area contributed by atoms with Crippen molar-refractivity contribution >= 4 is 28.8 Å². The average Bonchev–Trinajstić information content (AvgIpc) is 3.46. The van der Waals surface area contributed by atoms with Gasteiger partial charge in [-0.2, -0.15) is 0 Å². The smallest absolute Gasteiger partial charge is 0.295 e. The van der Waals surface area contributed by atoms with Crippen LogP contribution in [0.3, 0.4) is 0 Å². The molecule has 1 unspecified atom stereocenters. The highest BCUT2D eigenvalue weighted by molar-refractivity contribution is 6.46. The van der Waals surface area contributed by atoms with Crippen LogP contribution in [0.2, 0.25) is 0 Å². The fourth-order valence-corrected chi connectivity index (χ4v) is 4.48. The lowest BCUT2D eigenvalue weighted by atomic mass is 9.95. The number of benzene rings is 3. The summed E-state index contributed by atoms with van der Waals surface area (Å²) in [6.45, 7) is 0.190. The Morgan fingerprint density at radius 1 is 1.03 bits per heavy atom. The van der Waals surface area contributed by atoms with Crippen LogP contribution in [0.5, 0.6) is 11.5 Å². The first kappa shape index (κ1) is 23.9. The topological polar surface area (TPSA) is 122 Å². The first-order valence-electron chi connectivity index (χ1n) is 11.4. The summed E-state index contributed by atoms with van der Waals surface area (Å²) in [6, 6.07) is 16.9. The largest absolute Gasteiger partial charge is 0.507 e. The molecular weight excluding hydrogens is 478 g/mol. The number of hydrogen-bond donors (Lipinski definition) is 1. The molecule has 2 heterocycles. The molecule has 1 saturated heterocycles. The molecule has 0 saturated carbocycles. The van der Waals surface area contributed by atoms with Crippen molar-refractivity contribution in [2.45, 2.75) is 12.6 Å². The number of anilines is 1. The van der Waals surface area contributed by atoms with E-state index in [1.54, 1.807) is 18.2 Å². The average molecular weight is 501 g/mol. The number of aliphatic hydroxyl groups is 1. The van der Waals surface area contributed by atoms with E-state index < -0.39 is 28.4 Å². The Hall–Kier alpha value is -4.86. The van der Waals surface area contributed by atoms with Crippen LogP contribution in [-0.2, 0) is 16.1 Å². The highest BCUT2D eigenvalue weighted by atomic mass is 16.7. The van der Waals surface area contributed by atoms with Gasteiger partial charge in [-0.1, -0.05) is 18.2 Å². The van der Waals surface area contributed by atoms with Gasteiger partial charge in [0.15, 0.2) is 11.5 Å². The molecule has 2 aliphatic rings. The second-order valence-electron chi connectivity index (χ2n) is 8.90. The molecule has 37 heavy (non-hydrogen) atoms. The van der Waals surface area contributed by atoms with Crippen molar-refractivity contribution in [2.75, 3.05) is 25.8 Å². The Kier molecular flexibility index (Phi) is 6.00. The molecule has 0 spiro atoms. The summed E-state index contributed by atoms with van der Waals surface area (Å²) in [4.78, 5) is 40.3. The van der Waals surface area contributed by atoms with Gasteiger partial charge in [0.1, 0.15) is 5.76 Å². The van der Waals surface area contributed by atoms with Gasteiger partial charge < -0.3 is 24.4 Å². The lowest BCUT2D eigenvalue weighted by Crippen LogP contribution is -2.29. The molecule has 1 fully saturated rings. The van der Waals surface area contributed by atoms with Crippen molar-refractivity contribution in [3.05, 3.63) is 99.1 Å². The Balaban J connectivity index is 1.60. The highest BCUT2D eigenvalue weighted by Gasteiger charge is 2.46. The second-order valence-corrected chi connectivity index (χ2v) is 8.90. The van der Waals surface area contributed by atoms with E-state index in [0.29, 0.717) is 17.1 Å².